The second kappa shape index (κ2) is 12.4. The van der Waals surface area contributed by atoms with Crippen LogP contribution >= 0.6 is 0 Å². The van der Waals surface area contributed by atoms with E-state index in [0.29, 0.717) is 6.04 Å². The molecule has 5 nitrogen and oxygen atoms in total. The molecule has 1 aliphatic carbocycles. The number of rotatable bonds is 9. The number of hydrogen-bond donors (Lipinski definition) is 1. The van der Waals surface area contributed by atoms with E-state index in [1.165, 1.54) is 60.8 Å². The zero-order chi connectivity index (χ0) is 23.8. The lowest BCUT2D eigenvalue weighted by Crippen LogP contribution is -2.36. The van der Waals surface area contributed by atoms with Crippen molar-refractivity contribution in [2.24, 2.45) is 4.99 Å². The van der Waals surface area contributed by atoms with Gasteiger partial charge < -0.3 is 15.0 Å². The fraction of sp³-hybridized carbons (Fsp3) is 0.552. The minimum absolute atomic E-state index is 0.518. The van der Waals surface area contributed by atoms with Gasteiger partial charge in [-0.1, -0.05) is 69.5 Å². The van der Waals surface area contributed by atoms with Gasteiger partial charge in [0, 0.05) is 49.6 Å². The summed E-state index contributed by atoms with van der Waals surface area (Å²) >= 11 is 0. The third-order valence-corrected chi connectivity index (χ3v) is 7.18. The van der Waals surface area contributed by atoms with E-state index in [0.717, 1.165) is 57.5 Å². The monoisotopic (exact) mass is 462 g/mol. The summed E-state index contributed by atoms with van der Waals surface area (Å²) < 4.78 is 5.49. The topological polar surface area (TPSA) is 40.1 Å². The van der Waals surface area contributed by atoms with Crippen molar-refractivity contribution < 1.29 is 4.74 Å². The quantitative estimate of drug-likeness (QED) is 0.477. The molecule has 0 amide bonds. The fourth-order valence-electron chi connectivity index (χ4n) is 5.18. The van der Waals surface area contributed by atoms with Crippen molar-refractivity contribution in [1.82, 2.24) is 15.1 Å². The third-order valence-electron chi connectivity index (χ3n) is 7.18. The van der Waals surface area contributed by atoms with Gasteiger partial charge in [0.1, 0.15) is 11.7 Å². The van der Waals surface area contributed by atoms with Crippen molar-refractivity contribution in [3.63, 3.8) is 0 Å². The highest BCUT2D eigenvalue weighted by Crippen LogP contribution is 2.37. The molecule has 5 heteroatoms. The molecular weight excluding hydrogens is 420 g/mol. The first-order valence-corrected chi connectivity index (χ1v) is 13.3. The Kier molecular flexibility index (Phi) is 9.00. The number of allylic oxidation sites excluding steroid dienone is 1. The average Bonchev–Trinajstić information content (AvgIpc) is 3.24. The summed E-state index contributed by atoms with van der Waals surface area (Å²) in [5, 5.41) is 3.41. The lowest BCUT2D eigenvalue weighted by Gasteiger charge is -2.31. The predicted molar refractivity (Wildman–Crippen MR) is 142 cm³/mol. The van der Waals surface area contributed by atoms with E-state index in [1.54, 1.807) is 0 Å². The minimum Gasteiger partial charge on any atom is -0.379 e. The summed E-state index contributed by atoms with van der Waals surface area (Å²) in [6.45, 7) is 14.2. The van der Waals surface area contributed by atoms with E-state index in [9.17, 15) is 0 Å². The predicted octanol–water partition coefficient (Wildman–Crippen LogP) is 5.71. The van der Waals surface area contributed by atoms with Crippen LogP contribution in [0, 0.1) is 0 Å². The Morgan fingerprint density at radius 3 is 2.56 bits per heavy atom. The molecule has 0 bridgehead atoms. The largest absolute Gasteiger partial charge is 0.379 e. The van der Waals surface area contributed by atoms with Gasteiger partial charge in [-0.25, -0.2) is 4.99 Å². The number of amidine groups is 1. The van der Waals surface area contributed by atoms with Gasteiger partial charge >= 0.3 is 0 Å². The summed E-state index contributed by atoms with van der Waals surface area (Å²) in [5.74, 6) is 1.81. The zero-order valence-corrected chi connectivity index (χ0v) is 21.2. The molecule has 1 saturated heterocycles. The first kappa shape index (κ1) is 24.7. The number of ether oxygens (including phenoxy) is 1. The van der Waals surface area contributed by atoms with Gasteiger partial charge in [-0.15, -0.1) is 0 Å². The van der Waals surface area contributed by atoms with Crippen molar-refractivity contribution in [2.75, 3.05) is 32.8 Å². The normalized spacial score (nSPS) is 22.4. The van der Waals surface area contributed by atoms with E-state index in [4.69, 9.17) is 9.73 Å². The molecule has 0 spiro atoms. The summed E-state index contributed by atoms with van der Waals surface area (Å²) in [7, 11) is 0. The van der Waals surface area contributed by atoms with E-state index >= 15 is 0 Å². The molecule has 2 fully saturated rings. The molecule has 2 heterocycles. The van der Waals surface area contributed by atoms with Crippen LogP contribution in [-0.4, -0.2) is 54.5 Å². The molecule has 0 aromatic heterocycles. The van der Waals surface area contributed by atoms with E-state index < -0.39 is 0 Å². The highest BCUT2D eigenvalue weighted by molar-refractivity contribution is 6.16. The molecule has 0 unspecified atom stereocenters. The maximum absolute atomic E-state index is 5.49. The Bertz CT molecular complexity index is 903. The van der Waals surface area contributed by atoms with Gasteiger partial charge in [-0.05, 0) is 37.3 Å². The third kappa shape index (κ3) is 6.19. The van der Waals surface area contributed by atoms with Crippen LogP contribution in [0.15, 0.2) is 59.5 Å². The van der Waals surface area contributed by atoms with E-state index in [2.05, 4.69) is 72.1 Å². The van der Waals surface area contributed by atoms with Gasteiger partial charge in [-0.3, -0.25) is 4.90 Å². The van der Waals surface area contributed by atoms with Crippen LogP contribution in [0.5, 0.6) is 0 Å². The number of unbranched alkanes of at least 4 members (excludes halogenated alkanes) is 1. The van der Waals surface area contributed by atoms with Gasteiger partial charge in [0.25, 0.3) is 0 Å². The highest BCUT2D eigenvalue weighted by atomic mass is 16.5. The number of hydrogen-bond acceptors (Lipinski definition) is 4. The molecule has 0 atom stereocenters. The van der Waals surface area contributed by atoms with Crippen LogP contribution < -0.4 is 5.32 Å². The summed E-state index contributed by atoms with van der Waals surface area (Å²) in [4.78, 5) is 9.94. The van der Waals surface area contributed by atoms with Crippen molar-refractivity contribution in [3.05, 3.63) is 65.6 Å². The molecular formula is C29H42N4O. The Labute approximate surface area is 206 Å². The summed E-state index contributed by atoms with van der Waals surface area (Å²) in [5.41, 5.74) is 5.10. The second-order valence-electron chi connectivity index (χ2n) is 9.69. The van der Waals surface area contributed by atoms with Crippen LogP contribution in [0.2, 0.25) is 0 Å². The van der Waals surface area contributed by atoms with Crippen LogP contribution in [0.1, 0.15) is 69.9 Å². The van der Waals surface area contributed by atoms with Gasteiger partial charge in [0.15, 0.2) is 0 Å². The van der Waals surface area contributed by atoms with Crippen LogP contribution in [0.25, 0.3) is 5.57 Å². The number of morpholine rings is 1. The van der Waals surface area contributed by atoms with Gasteiger partial charge in [0.05, 0.1) is 13.2 Å². The lowest BCUT2D eigenvalue weighted by molar-refractivity contribution is 0.0342. The Morgan fingerprint density at radius 2 is 1.88 bits per heavy atom. The van der Waals surface area contributed by atoms with Gasteiger partial charge in [-0.2, -0.15) is 0 Å². The van der Waals surface area contributed by atoms with Crippen LogP contribution in [-0.2, 0) is 11.3 Å². The SMILES string of the molecule is C=C(/N=C1\C(=C/C)C(c2ccc(CN3CCOCC3)cc2)=CN1C1CCCCC1)NCCCC. The molecule has 184 valence electrons. The number of aliphatic imine (C=N–C) groups is 1. The lowest BCUT2D eigenvalue weighted by atomic mass is 9.94. The Hall–Kier alpha value is -2.37. The van der Waals surface area contributed by atoms with Crippen molar-refractivity contribution >= 4 is 11.4 Å². The minimum atomic E-state index is 0.518. The maximum Gasteiger partial charge on any atom is 0.142 e. The van der Waals surface area contributed by atoms with Crippen molar-refractivity contribution in [1.29, 1.82) is 0 Å². The van der Waals surface area contributed by atoms with Crippen LogP contribution in [0.4, 0.5) is 0 Å². The van der Waals surface area contributed by atoms with Crippen LogP contribution in [0.3, 0.4) is 0 Å². The summed E-state index contributed by atoms with van der Waals surface area (Å²) in [6.07, 6.45) is 13.3. The maximum atomic E-state index is 5.49. The first-order chi connectivity index (χ1) is 16.7. The fourth-order valence-corrected chi connectivity index (χ4v) is 5.18. The van der Waals surface area contributed by atoms with Crippen molar-refractivity contribution in [3.8, 4) is 0 Å². The Balaban J connectivity index is 1.56. The summed E-state index contributed by atoms with van der Waals surface area (Å²) in [6, 6.07) is 9.64. The molecule has 1 aromatic rings. The number of benzene rings is 1. The molecule has 2 aliphatic heterocycles. The molecule has 34 heavy (non-hydrogen) atoms. The molecule has 1 aromatic carbocycles. The molecule has 1 N–H and O–H groups in total. The Morgan fingerprint density at radius 1 is 1.15 bits per heavy atom. The average molecular weight is 463 g/mol. The second-order valence-corrected chi connectivity index (χ2v) is 9.69. The smallest absolute Gasteiger partial charge is 0.142 e. The first-order valence-electron chi connectivity index (χ1n) is 13.3. The number of nitrogens with one attached hydrogen (secondary N) is 1. The van der Waals surface area contributed by atoms with Crippen molar-refractivity contribution in [2.45, 2.75) is 71.4 Å². The zero-order valence-electron chi connectivity index (χ0n) is 21.2. The number of nitrogens with zero attached hydrogens (tertiary/aromatic N) is 3. The highest BCUT2D eigenvalue weighted by Gasteiger charge is 2.32. The standard InChI is InChI=1S/C29H42N4O/c1-4-6-16-30-23(3)31-29-27(5-2)28(22-33(29)26-10-8-7-9-11-26)25-14-12-24(13-15-25)21-32-17-19-34-20-18-32/h5,12-15,22,26,30H,3-4,6-11,16-21H2,1-2H3/b27-5-,31-29+. The molecule has 4 rings (SSSR count). The van der Waals surface area contributed by atoms with E-state index in [1.807, 2.05) is 0 Å². The molecule has 1 saturated carbocycles. The molecule has 3 aliphatic rings. The van der Waals surface area contributed by atoms with Gasteiger partial charge in [0.2, 0.25) is 0 Å². The molecule has 0 radical (unpaired) electrons. The van der Waals surface area contributed by atoms with E-state index in [-0.39, 0.29) is 0 Å².